The number of nitrogens with one attached hydrogen (secondary N) is 1. The maximum atomic E-state index is 13.6. The van der Waals surface area contributed by atoms with Crippen LogP contribution in [0, 0.1) is 5.92 Å². The number of halogens is 1. The highest BCUT2D eigenvalue weighted by atomic mass is 19.1. The maximum absolute atomic E-state index is 13.6. The Hall–Kier alpha value is -0.230. The predicted octanol–water partition coefficient (Wildman–Crippen LogP) is 1.92. The molecule has 2 saturated carbocycles. The van der Waals surface area contributed by atoms with Crippen LogP contribution in [-0.4, -0.2) is 59.2 Å². The second kappa shape index (κ2) is 8.42. The molecule has 0 radical (unpaired) electrons. The predicted molar refractivity (Wildman–Crippen MR) is 102 cm³/mol. The second-order valence-electron chi connectivity index (χ2n) is 9.53. The number of hydrogen-bond acceptors (Lipinski definition) is 3. The first-order chi connectivity index (χ1) is 12.6. The summed E-state index contributed by atoms with van der Waals surface area (Å²) in [5.41, 5.74) is 0. The average Bonchev–Trinajstić information content (AvgIpc) is 3.04. The number of quaternary nitrogens is 1. The Morgan fingerprint density at radius 1 is 1.00 bits per heavy atom. The molecule has 0 amide bonds. The van der Waals surface area contributed by atoms with Crippen LogP contribution in [0.15, 0.2) is 0 Å². The number of rotatable bonds is 4. The van der Waals surface area contributed by atoms with E-state index in [4.69, 9.17) is 0 Å². The van der Waals surface area contributed by atoms with Crippen LogP contribution in [0.2, 0.25) is 0 Å². The van der Waals surface area contributed by atoms with Gasteiger partial charge >= 0.3 is 0 Å². The molecule has 0 aromatic rings. The zero-order chi connectivity index (χ0) is 18.1. The molecule has 4 unspecified atom stereocenters. The molecule has 2 heterocycles. The maximum Gasteiger partial charge on any atom is 0.158 e. The Morgan fingerprint density at radius 2 is 1.73 bits per heavy atom. The largest absolute Gasteiger partial charge is 0.393 e. The molecule has 4 nitrogen and oxygen atoms in total. The van der Waals surface area contributed by atoms with Crippen molar-refractivity contribution < 1.29 is 14.8 Å². The van der Waals surface area contributed by atoms with Gasteiger partial charge in [-0.05, 0) is 71.1 Å². The van der Waals surface area contributed by atoms with Gasteiger partial charge in [-0.3, -0.25) is 0 Å². The van der Waals surface area contributed by atoms with E-state index in [1.54, 1.807) is 0 Å². The number of piperidine rings is 1. The molecule has 4 fully saturated rings. The molecule has 150 valence electrons. The smallest absolute Gasteiger partial charge is 0.158 e. The third-order valence-corrected chi connectivity index (χ3v) is 7.79. The summed E-state index contributed by atoms with van der Waals surface area (Å²) in [6.07, 6.45) is 11.7. The minimum atomic E-state index is -0.548. The molecule has 2 aliphatic carbocycles. The van der Waals surface area contributed by atoms with E-state index in [2.05, 4.69) is 22.5 Å². The van der Waals surface area contributed by atoms with E-state index in [1.165, 1.54) is 25.8 Å². The second-order valence-corrected chi connectivity index (χ2v) is 9.53. The molecule has 4 aliphatic rings. The number of hydrogen-bond donors (Lipinski definition) is 3. The summed E-state index contributed by atoms with van der Waals surface area (Å²) >= 11 is 0. The normalized spacial score (nSPS) is 46.0. The van der Waals surface area contributed by atoms with Crippen molar-refractivity contribution in [1.29, 1.82) is 0 Å². The summed E-state index contributed by atoms with van der Waals surface area (Å²) in [6, 6.07) is 2.40. The lowest BCUT2D eigenvalue weighted by atomic mass is 9.79. The quantitative estimate of drug-likeness (QED) is 0.711. The van der Waals surface area contributed by atoms with Crippen molar-refractivity contribution in [3.05, 3.63) is 0 Å². The van der Waals surface area contributed by atoms with E-state index in [9.17, 15) is 9.50 Å². The van der Waals surface area contributed by atoms with Crippen molar-refractivity contribution >= 4 is 0 Å². The molecule has 5 heteroatoms. The Kier molecular flexibility index (Phi) is 6.19. The summed E-state index contributed by atoms with van der Waals surface area (Å²) in [7, 11) is 0. The molecule has 2 aliphatic heterocycles. The van der Waals surface area contributed by atoms with Crippen LogP contribution < -0.4 is 10.6 Å². The van der Waals surface area contributed by atoms with Gasteiger partial charge in [-0.15, -0.1) is 0 Å². The number of aliphatic hydroxyl groups excluding tert-OH is 1. The van der Waals surface area contributed by atoms with Crippen molar-refractivity contribution in [2.75, 3.05) is 6.54 Å². The summed E-state index contributed by atoms with van der Waals surface area (Å²) in [4.78, 5) is 2.78. The third-order valence-electron chi connectivity index (χ3n) is 7.79. The molecule has 4 atom stereocenters. The fourth-order valence-corrected chi connectivity index (χ4v) is 6.33. The van der Waals surface area contributed by atoms with Gasteiger partial charge in [0.2, 0.25) is 0 Å². The van der Waals surface area contributed by atoms with Crippen LogP contribution in [0.4, 0.5) is 4.39 Å². The molecule has 2 saturated heterocycles. The summed E-state index contributed by atoms with van der Waals surface area (Å²) in [5.74, 6) is 0.703. The minimum Gasteiger partial charge on any atom is -0.393 e. The first-order valence-corrected chi connectivity index (χ1v) is 11.3. The van der Waals surface area contributed by atoms with Gasteiger partial charge in [0.1, 0.15) is 12.2 Å². The zero-order valence-corrected chi connectivity index (χ0v) is 16.5. The molecule has 0 bridgehead atoms. The SMILES string of the molecule is CC(NC1CCC(O)CC1)C1[NH2+]C(C2CCC(F)CC2)C2CCCCN21. The monoisotopic (exact) mass is 368 g/mol. The molecular weight excluding hydrogens is 329 g/mol. The molecule has 26 heavy (non-hydrogen) atoms. The van der Waals surface area contributed by atoms with E-state index >= 15 is 0 Å². The fourth-order valence-electron chi connectivity index (χ4n) is 6.33. The molecule has 4 N–H and O–H groups in total. The summed E-state index contributed by atoms with van der Waals surface area (Å²) in [6.45, 7) is 3.59. The highest BCUT2D eigenvalue weighted by Crippen LogP contribution is 2.34. The first-order valence-electron chi connectivity index (χ1n) is 11.3. The molecular formula is C21H39FN3O+. The van der Waals surface area contributed by atoms with E-state index in [0.29, 0.717) is 36.3 Å². The van der Waals surface area contributed by atoms with Crippen LogP contribution in [0.5, 0.6) is 0 Å². The van der Waals surface area contributed by atoms with Gasteiger partial charge in [0.25, 0.3) is 0 Å². The molecule has 4 rings (SSSR count). The number of aliphatic hydroxyl groups is 1. The number of alkyl halides is 1. The lowest BCUT2D eigenvalue weighted by molar-refractivity contribution is -0.718. The van der Waals surface area contributed by atoms with Crippen molar-refractivity contribution in [2.45, 2.75) is 120 Å². The van der Waals surface area contributed by atoms with E-state index in [-0.39, 0.29) is 6.10 Å². The Morgan fingerprint density at radius 3 is 2.46 bits per heavy atom. The van der Waals surface area contributed by atoms with Gasteiger partial charge < -0.3 is 15.7 Å². The van der Waals surface area contributed by atoms with Crippen LogP contribution in [0.25, 0.3) is 0 Å². The Balaban J connectivity index is 1.39. The minimum absolute atomic E-state index is 0.0807. The highest BCUT2D eigenvalue weighted by Gasteiger charge is 2.50. The highest BCUT2D eigenvalue weighted by molar-refractivity contribution is 4.95. The lowest BCUT2D eigenvalue weighted by Gasteiger charge is -2.36. The molecule has 0 spiro atoms. The topological polar surface area (TPSA) is 52.1 Å². The Labute approximate surface area is 158 Å². The standard InChI is InChI=1S/C21H38FN3O/c1-14(23-17-9-11-18(26)12-10-17)21-24-20(15-5-7-16(22)8-6-15)19-4-2-3-13-25(19)21/h14-21,23-24,26H,2-13H2,1H3/p+1. The zero-order valence-electron chi connectivity index (χ0n) is 16.5. The van der Waals surface area contributed by atoms with Crippen molar-refractivity contribution in [2.24, 2.45) is 5.92 Å². The van der Waals surface area contributed by atoms with E-state index in [1.807, 2.05) is 0 Å². The number of fused-ring (bicyclic) bond motifs is 1. The average molecular weight is 369 g/mol. The third kappa shape index (κ3) is 4.11. The Bertz CT molecular complexity index is 449. The molecule has 0 aromatic heterocycles. The van der Waals surface area contributed by atoms with Gasteiger partial charge in [-0.25, -0.2) is 9.29 Å². The van der Waals surface area contributed by atoms with Crippen LogP contribution in [-0.2, 0) is 0 Å². The van der Waals surface area contributed by atoms with Crippen molar-refractivity contribution in [3.63, 3.8) is 0 Å². The first kappa shape index (κ1) is 19.1. The van der Waals surface area contributed by atoms with Crippen molar-refractivity contribution in [3.8, 4) is 0 Å². The number of nitrogens with two attached hydrogens (primary N) is 1. The van der Waals surface area contributed by atoms with E-state index in [0.717, 1.165) is 51.4 Å². The summed E-state index contributed by atoms with van der Waals surface area (Å²) in [5, 5.41) is 16.3. The van der Waals surface area contributed by atoms with Gasteiger partial charge in [0, 0.05) is 18.5 Å². The molecule has 0 aromatic carbocycles. The van der Waals surface area contributed by atoms with Gasteiger partial charge in [0.05, 0.1) is 18.2 Å². The fraction of sp³-hybridized carbons (Fsp3) is 1.00. The van der Waals surface area contributed by atoms with Crippen LogP contribution in [0.1, 0.15) is 77.6 Å². The summed E-state index contributed by atoms with van der Waals surface area (Å²) < 4.78 is 13.6. The van der Waals surface area contributed by atoms with E-state index < -0.39 is 6.17 Å². The lowest BCUT2D eigenvalue weighted by Crippen LogP contribution is -2.97. The van der Waals surface area contributed by atoms with Gasteiger partial charge in [-0.2, -0.15) is 0 Å². The van der Waals surface area contributed by atoms with Crippen LogP contribution >= 0.6 is 0 Å². The van der Waals surface area contributed by atoms with Gasteiger partial charge in [-0.1, -0.05) is 6.42 Å². The van der Waals surface area contributed by atoms with Gasteiger partial charge in [0.15, 0.2) is 6.17 Å². The number of nitrogens with zero attached hydrogens (tertiary/aromatic N) is 1. The van der Waals surface area contributed by atoms with Crippen molar-refractivity contribution in [1.82, 2.24) is 10.2 Å². The van der Waals surface area contributed by atoms with Crippen LogP contribution in [0.3, 0.4) is 0 Å².